The summed E-state index contributed by atoms with van der Waals surface area (Å²) in [5.74, 6) is 1.73. The van der Waals surface area contributed by atoms with Crippen molar-refractivity contribution in [3.8, 4) is 11.5 Å². The molecule has 94 valence electrons. The highest BCUT2D eigenvalue weighted by atomic mass is 16.6. The van der Waals surface area contributed by atoms with Gasteiger partial charge in [-0.3, -0.25) is 0 Å². The summed E-state index contributed by atoms with van der Waals surface area (Å²) in [6.07, 6.45) is 0.979. The average Bonchev–Trinajstić information content (AvgIpc) is 2.36. The summed E-state index contributed by atoms with van der Waals surface area (Å²) in [4.78, 5) is 0. The van der Waals surface area contributed by atoms with E-state index in [4.69, 9.17) is 15.2 Å². The largest absolute Gasteiger partial charge is 0.486 e. The van der Waals surface area contributed by atoms with Crippen LogP contribution in [0, 0.1) is 0 Å². The van der Waals surface area contributed by atoms with Crippen molar-refractivity contribution in [3.05, 3.63) is 23.8 Å². The molecule has 0 spiro atoms. The molecule has 1 unspecified atom stereocenters. The first-order valence-electron chi connectivity index (χ1n) is 6.12. The molecule has 3 N–H and O–H groups in total. The molecule has 0 aromatic heterocycles. The summed E-state index contributed by atoms with van der Waals surface area (Å²) in [6, 6.07) is 6.43. The summed E-state index contributed by atoms with van der Waals surface area (Å²) in [7, 11) is 0. The van der Waals surface area contributed by atoms with Crippen LogP contribution >= 0.6 is 0 Å². The van der Waals surface area contributed by atoms with Crippen molar-refractivity contribution in [1.29, 1.82) is 0 Å². The smallest absolute Gasteiger partial charge is 0.165 e. The van der Waals surface area contributed by atoms with E-state index >= 15 is 0 Å². The summed E-state index contributed by atoms with van der Waals surface area (Å²) >= 11 is 0. The van der Waals surface area contributed by atoms with Gasteiger partial charge in [0, 0.05) is 18.2 Å². The van der Waals surface area contributed by atoms with E-state index in [2.05, 4.69) is 18.3 Å². The fraction of sp³-hybridized carbons (Fsp3) is 0.538. The predicted octanol–water partition coefficient (Wildman–Crippen LogP) is 1.28. The molecule has 2 rings (SSSR count). The van der Waals surface area contributed by atoms with E-state index in [1.807, 2.05) is 12.1 Å². The Kier molecular flexibility index (Phi) is 4.23. The molecule has 0 saturated carbocycles. The van der Waals surface area contributed by atoms with E-state index in [-0.39, 0.29) is 0 Å². The lowest BCUT2D eigenvalue weighted by Crippen LogP contribution is -2.28. The van der Waals surface area contributed by atoms with Gasteiger partial charge in [-0.1, -0.05) is 12.1 Å². The zero-order valence-electron chi connectivity index (χ0n) is 10.2. The highest BCUT2D eigenvalue weighted by Gasteiger charge is 2.15. The Morgan fingerprint density at radius 3 is 3.00 bits per heavy atom. The van der Waals surface area contributed by atoms with Crippen molar-refractivity contribution < 1.29 is 9.47 Å². The van der Waals surface area contributed by atoms with Gasteiger partial charge in [0.1, 0.15) is 13.2 Å². The van der Waals surface area contributed by atoms with Crippen LogP contribution in [0.3, 0.4) is 0 Å². The second-order valence-electron chi connectivity index (χ2n) is 4.30. The van der Waals surface area contributed by atoms with Gasteiger partial charge in [0.2, 0.25) is 0 Å². The molecule has 0 radical (unpaired) electrons. The molecule has 0 fully saturated rings. The Labute approximate surface area is 102 Å². The highest BCUT2D eigenvalue weighted by Crippen LogP contribution is 2.33. The molecule has 0 bridgehead atoms. The van der Waals surface area contributed by atoms with Crippen LogP contribution in [0.2, 0.25) is 0 Å². The lowest BCUT2D eigenvalue weighted by Gasteiger charge is -2.22. The zero-order valence-corrected chi connectivity index (χ0v) is 10.2. The Morgan fingerprint density at radius 1 is 1.35 bits per heavy atom. The molecule has 0 aliphatic carbocycles. The fourth-order valence-electron chi connectivity index (χ4n) is 1.91. The number of hydrogen-bond donors (Lipinski definition) is 2. The fourth-order valence-corrected chi connectivity index (χ4v) is 1.91. The number of nitrogens with one attached hydrogen (secondary N) is 1. The van der Waals surface area contributed by atoms with Crippen LogP contribution in [-0.2, 0) is 6.54 Å². The third kappa shape index (κ3) is 3.11. The monoisotopic (exact) mass is 236 g/mol. The molecule has 1 aromatic rings. The number of ether oxygens (including phenoxy) is 2. The van der Waals surface area contributed by atoms with E-state index in [0.29, 0.717) is 25.8 Å². The van der Waals surface area contributed by atoms with Gasteiger partial charge in [-0.15, -0.1) is 0 Å². The highest BCUT2D eigenvalue weighted by molar-refractivity contribution is 5.47. The van der Waals surface area contributed by atoms with Crippen LogP contribution in [0.1, 0.15) is 18.9 Å². The standard InChI is InChI=1S/C13H20N2O2/c1-10(5-6-14)15-9-11-3-2-4-12-13(11)17-8-7-16-12/h2-4,10,15H,5-9,14H2,1H3. The van der Waals surface area contributed by atoms with E-state index in [1.54, 1.807) is 0 Å². The van der Waals surface area contributed by atoms with Crippen LogP contribution in [0.15, 0.2) is 18.2 Å². The number of benzene rings is 1. The molecule has 1 atom stereocenters. The molecular formula is C13H20N2O2. The first-order valence-corrected chi connectivity index (χ1v) is 6.12. The van der Waals surface area contributed by atoms with Crippen LogP contribution in [0.25, 0.3) is 0 Å². The van der Waals surface area contributed by atoms with E-state index in [1.165, 1.54) is 0 Å². The van der Waals surface area contributed by atoms with Gasteiger partial charge in [-0.25, -0.2) is 0 Å². The lowest BCUT2D eigenvalue weighted by atomic mass is 10.1. The Morgan fingerprint density at radius 2 is 2.18 bits per heavy atom. The van der Waals surface area contributed by atoms with Crippen molar-refractivity contribution in [2.45, 2.75) is 25.9 Å². The number of hydrogen-bond acceptors (Lipinski definition) is 4. The molecule has 17 heavy (non-hydrogen) atoms. The van der Waals surface area contributed by atoms with Gasteiger partial charge in [-0.2, -0.15) is 0 Å². The Bertz CT molecular complexity index is 368. The second-order valence-corrected chi connectivity index (χ2v) is 4.30. The first-order chi connectivity index (χ1) is 8.31. The van der Waals surface area contributed by atoms with E-state index in [9.17, 15) is 0 Å². The molecule has 1 heterocycles. The van der Waals surface area contributed by atoms with Crippen molar-refractivity contribution in [2.75, 3.05) is 19.8 Å². The van der Waals surface area contributed by atoms with Crippen LogP contribution < -0.4 is 20.5 Å². The summed E-state index contributed by atoms with van der Waals surface area (Å²) in [5.41, 5.74) is 6.67. The van der Waals surface area contributed by atoms with E-state index in [0.717, 1.165) is 30.0 Å². The quantitative estimate of drug-likeness (QED) is 0.808. The average molecular weight is 236 g/mol. The SMILES string of the molecule is CC(CCN)NCc1cccc2c1OCCO2. The number of rotatable bonds is 5. The Balaban J connectivity index is 2.01. The second kappa shape index (κ2) is 5.89. The first kappa shape index (κ1) is 12.2. The van der Waals surface area contributed by atoms with Gasteiger partial charge in [-0.05, 0) is 26.0 Å². The molecular weight excluding hydrogens is 216 g/mol. The van der Waals surface area contributed by atoms with Crippen molar-refractivity contribution >= 4 is 0 Å². The minimum Gasteiger partial charge on any atom is -0.486 e. The van der Waals surface area contributed by atoms with Gasteiger partial charge in [0.15, 0.2) is 11.5 Å². The van der Waals surface area contributed by atoms with Crippen molar-refractivity contribution in [1.82, 2.24) is 5.32 Å². The predicted molar refractivity (Wildman–Crippen MR) is 67.4 cm³/mol. The van der Waals surface area contributed by atoms with Crippen molar-refractivity contribution in [2.24, 2.45) is 5.73 Å². The van der Waals surface area contributed by atoms with E-state index < -0.39 is 0 Å². The molecule has 0 saturated heterocycles. The third-order valence-corrected chi connectivity index (χ3v) is 2.89. The van der Waals surface area contributed by atoms with Crippen LogP contribution in [0.4, 0.5) is 0 Å². The zero-order chi connectivity index (χ0) is 12.1. The number of para-hydroxylation sites is 1. The Hall–Kier alpha value is -1.26. The summed E-state index contributed by atoms with van der Waals surface area (Å²) in [5, 5.41) is 3.43. The number of nitrogens with two attached hydrogens (primary N) is 1. The maximum atomic E-state index is 5.66. The van der Waals surface area contributed by atoms with Crippen molar-refractivity contribution in [3.63, 3.8) is 0 Å². The summed E-state index contributed by atoms with van der Waals surface area (Å²) < 4.78 is 11.2. The third-order valence-electron chi connectivity index (χ3n) is 2.89. The molecule has 1 aliphatic heterocycles. The normalized spacial score (nSPS) is 15.6. The molecule has 4 heteroatoms. The lowest BCUT2D eigenvalue weighted by molar-refractivity contribution is 0.169. The van der Waals surface area contributed by atoms with Gasteiger partial charge in [0.05, 0.1) is 0 Å². The van der Waals surface area contributed by atoms with Gasteiger partial charge >= 0.3 is 0 Å². The maximum absolute atomic E-state index is 5.66. The van der Waals surface area contributed by atoms with Crippen LogP contribution in [0.5, 0.6) is 11.5 Å². The number of fused-ring (bicyclic) bond motifs is 1. The minimum absolute atomic E-state index is 0.417. The topological polar surface area (TPSA) is 56.5 Å². The molecule has 1 aromatic carbocycles. The maximum Gasteiger partial charge on any atom is 0.165 e. The molecule has 4 nitrogen and oxygen atoms in total. The molecule has 0 amide bonds. The summed E-state index contributed by atoms with van der Waals surface area (Å²) in [6.45, 7) is 4.89. The van der Waals surface area contributed by atoms with Gasteiger partial charge < -0.3 is 20.5 Å². The van der Waals surface area contributed by atoms with Gasteiger partial charge in [0.25, 0.3) is 0 Å². The molecule has 1 aliphatic rings. The minimum atomic E-state index is 0.417. The van der Waals surface area contributed by atoms with Crippen LogP contribution in [-0.4, -0.2) is 25.8 Å².